The summed E-state index contributed by atoms with van der Waals surface area (Å²) < 4.78 is 58.5. The molecule has 55 heavy (non-hydrogen) atoms. The van der Waals surface area contributed by atoms with Gasteiger partial charge < -0.3 is 14.8 Å². The Morgan fingerprint density at radius 2 is 2.00 bits per heavy atom. The zero-order valence-electron chi connectivity index (χ0n) is 30.8. The zero-order chi connectivity index (χ0) is 39.6. The summed E-state index contributed by atoms with van der Waals surface area (Å²) in [6.45, 7) is 7.69. The molecule has 3 amide bonds. The summed E-state index contributed by atoms with van der Waals surface area (Å²) in [5, 5.41) is 16.1. The molecule has 1 aliphatic carbocycles. The Hall–Kier alpha value is -4.72. The number of hydrogen-bond acceptors (Lipinski definition) is 11. The molecule has 4 aromatic rings. The summed E-state index contributed by atoms with van der Waals surface area (Å²) in [6, 6.07) is 5.72. The van der Waals surface area contributed by atoms with Gasteiger partial charge in [0.2, 0.25) is 11.8 Å². The third-order valence-corrected chi connectivity index (χ3v) is 11.9. The standard InChI is InChI=1S/C38H39ClF3N7O5S/c1-18(50)48(5)34(51)22-11-19(22)15-44-32-23-12-25(39)28(29(42)30(23)45-35(46-32)53-17-38-9-6-10-49(38)16-20(40)13-38)21-7-8-26(41)31-27(21)24(14-43)33(55-31)47-36(52)54-37(2,3)4/h7-8,12,19-20,22H,6,9-11,13,15-17H2,1-5H3,(H,47,52)(H,44,45,46)/t19-,20+,22+,38-/m0/s1. The fourth-order valence-electron chi connectivity index (χ4n) is 7.65. The molecule has 290 valence electrons. The van der Waals surface area contributed by atoms with Crippen LogP contribution in [-0.4, -0.2) is 88.3 Å². The summed E-state index contributed by atoms with van der Waals surface area (Å²) in [6.07, 6.45) is 0.569. The van der Waals surface area contributed by atoms with Crippen LogP contribution in [0.5, 0.6) is 6.01 Å². The highest BCUT2D eigenvalue weighted by molar-refractivity contribution is 7.23. The number of benzene rings is 2. The first-order chi connectivity index (χ1) is 26.0. The molecule has 2 aromatic carbocycles. The van der Waals surface area contributed by atoms with Crippen LogP contribution >= 0.6 is 22.9 Å². The fourth-order valence-corrected chi connectivity index (χ4v) is 9.01. The molecular formula is C38H39ClF3N7O5S. The first-order valence-electron chi connectivity index (χ1n) is 17.9. The van der Waals surface area contributed by atoms with E-state index in [9.17, 15) is 24.0 Å². The number of rotatable bonds is 9. The Labute approximate surface area is 323 Å². The number of aromatic nitrogens is 2. The second kappa shape index (κ2) is 14.4. The number of anilines is 2. The summed E-state index contributed by atoms with van der Waals surface area (Å²) in [5.41, 5.74) is -1.80. The number of alkyl halides is 1. The van der Waals surface area contributed by atoms with Gasteiger partial charge in [-0.25, -0.2) is 18.0 Å². The largest absolute Gasteiger partial charge is 0.461 e. The highest BCUT2D eigenvalue weighted by Gasteiger charge is 2.49. The predicted molar refractivity (Wildman–Crippen MR) is 202 cm³/mol. The molecule has 0 unspecified atom stereocenters. The highest BCUT2D eigenvalue weighted by Crippen LogP contribution is 2.47. The maximum atomic E-state index is 17.1. The molecule has 4 heterocycles. The Morgan fingerprint density at radius 1 is 1.24 bits per heavy atom. The second-order valence-electron chi connectivity index (χ2n) is 15.4. The number of hydrogen-bond donors (Lipinski definition) is 2. The minimum absolute atomic E-state index is 0.00837. The summed E-state index contributed by atoms with van der Waals surface area (Å²) in [5.74, 6) is -2.61. The summed E-state index contributed by atoms with van der Waals surface area (Å²) in [7, 11) is 1.43. The molecule has 2 aliphatic heterocycles. The molecule has 0 spiro atoms. The van der Waals surface area contributed by atoms with Crippen molar-refractivity contribution in [2.75, 3.05) is 43.9 Å². The third-order valence-electron chi connectivity index (χ3n) is 10.5. The molecule has 2 aromatic heterocycles. The van der Waals surface area contributed by atoms with Crippen molar-refractivity contribution in [3.05, 3.63) is 40.4 Å². The van der Waals surface area contributed by atoms with Gasteiger partial charge in [0, 0.05) is 55.7 Å². The Morgan fingerprint density at radius 3 is 2.71 bits per heavy atom. The van der Waals surface area contributed by atoms with Crippen molar-refractivity contribution < 1.29 is 37.0 Å². The molecule has 4 atom stereocenters. The number of carbonyl (C=O) groups excluding carboxylic acids is 3. The Balaban J connectivity index is 1.29. The number of nitrogens with zero attached hydrogens (tertiary/aromatic N) is 5. The number of nitriles is 1. The van der Waals surface area contributed by atoms with E-state index in [-0.39, 0.29) is 96.3 Å². The molecule has 7 rings (SSSR count). The second-order valence-corrected chi connectivity index (χ2v) is 16.8. The number of nitrogens with one attached hydrogen (secondary N) is 2. The first-order valence-corrected chi connectivity index (χ1v) is 19.1. The molecule has 17 heteroatoms. The number of imide groups is 1. The highest BCUT2D eigenvalue weighted by atomic mass is 35.5. The van der Waals surface area contributed by atoms with Crippen LogP contribution in [0.1, 0.15) is 58.9 Å². The average molecular weight is 798 g/mol. The molecule has 0 radical (unpaired) electrons. The van der Waals surface area contributed by atoms with Crippen LogP contribution in [0.2, 0.25) is 5.02 Å². The van der Waals surface area contributed by atoms with E-state index in [0.29, 0.717) is 19.4 Å². The van der Waals surface area contributed by atoms with Crippen LogP contribution in [0.25, 0.3) is 32.1 Å². The van der Waals surface area contributed by atoms with Gasteiger partial charge in [0.05, 0.1) is 20.8 Å². The maximum absolute atomic E-state index is 17.1. The van der Waals surface area contributed by atoms with E-state index >= 15 is 8.78 Å². The number of amides is 3. The van der Waals surface area contributed by atoms with E-state index in [0.717, 1.165) is 41.7 Å². The minimum Gasteiger partial charge on any atom is -0.461 e. The van der Waals surface area contributed by atoms with Gasteiger partial charge in [-0.3, -0.25) is 24.7 Å². The summed E-state index contributed by atoms with van der Waals surface area (Å²) >= 11 is 7.64. The normalized spacial score (nSPS) is 22.0. The van der Waals surface area contributed by atoms with Crippen LogP contribution < -0.4 is 15.4 Å². The third kappa shape index (κ3) is 7.37. The molecule has 2 N–H and O–H groups in total. The molecular weight excluding hydrogens is 759 g/mol. The number of halogens is 4. The lowest BCUT2D eigenvalue weighted by Crippen LogP contribution is -2.43. The molecule has 3 aliphatic rings. The average Bonchev–Trinajstić information content (AvgIpc) is 3.48. The number of thiophene rings is 1. The lowest BCUT2D eigenvalue weighted by molar-refractivity contribution is -0.142. The van der Waals surface area contributed by atoms with Gasteiger partial charge in [-0.2, -0.15) is 15.2 Å². The van der Waals surface area contributed by atoms with Crippen LogP contribution in [0.15, 0.2) is 18.2 Å². The van der Waals surface area contributed by atoms with Gasteiger partial charge in [-0.15, -0.1) is 11.3 Å². The quantitative estimate of drug-likeness (QED) is 0.173. The number of fused-ring (bicyclic) bond motifs is 3. The van der Waals surface area contributed by atoms with Gasteiger partial charge in [0.15, 0.2) is 5.82 Å². The van der Waals surface area contributed by atoms with Gasteiger partial charge in [0.25, 0.3) is 0 Å². The van der Waals surface area contributed by atoms with Crippen molar-refractivity contribution in [3.63, 3.8) is 0 Å². The first kappa shape index (κ1) is 38.6. The van der Waals surface area contributed by atoms with Crippen LogP contribution in [0.4, 0.5) is 28.8 Å². The molecule has 3 fully saturated rings. The van der Waals surface area contributed by atoms with Gasteiger partial charge in [-0.1, -0.05) is 17.7 Å². The molecule has 1 saturated carbocycles. The van der Waals surface area contributed by atoms with Crippen LogP contribution in [-0.2, 0) is 14.3 Å². The van der Waals surface area contributed by atoms with E-state index < -0.39 is 35.0 Å². The Bertz CT molecular complexity index is 2290. The molecule has 12 nitrogen and oxygen atoms in total. The van der Waals surface area contributed by atoms with Crippen molar-refractivity contribution in [1.82, 2.24) is 19.8 Å². The van der Waals surface area contributed by atoms with Crippen molar-refractivity contribution >= 4 is 72.7 Å². The minimum atomic E-state index is -1.00. The van der Waals surface area contributed by atoms with Crippen molar-refractivity contribution in [3.8, 4) is 23.2 Å². The van der Waals surface area contributed by atoms with E-state index in [1.807, 2.05) is 6.07 Å². The van der Waals surface area contributed by atoms with Crippen LogP contribution in [0.3, 0.4) is 0 Å². The van der Waals surface area contributed by atoms with Gasteiger partial charge in [-0.05, 0) is 70.2 Å². The molecule has 0 bridgehead atoms. The fraction of sp³-hybridized carbons (Fsp3) is 0.474. The van der Waals surface area contributed by atoms with E-state index in [4.69, 9.17) is 21.1 Å². The van der Waals surface area contributed by atoms with Crippen molar-refractivity contribution in [2.45, 2.75) is 70.7 Å². The van der Waals surface area contributed by atoms with E-state index in [1.165, 1.54) is 26.1 Å². The van der Waals surface area contributed by atoms with Crippen LogP contribution in [0, 0.1) is 34.8 Å². The van der Waals surface area contributed by atoms with E-state index in [2.05, 4.69) is 25.5 Å². The molecule has 2 saturated heterocycles. The monoisotopic (exact) mass is 797 g/mol. The topological polar surface area (TPSA) is 150 Å². The predicted octanol–water partition coefficient (Wildman–Crippen LogP) is 7.67. The lowest BCUT2D eigenvalue weighted by Gasteiger charge is -2.30. The van der Waals surface area contributed by atoms with E-state index in [1.54, 1.807) is 20.8 Å². The zero-order valence-corrected chi connectivity index (χ0v) is 32.4. The maximum Gasteiger partial charge on any atom is 0.412 e. The number of carbonyl (C=O) groups is 3. The smallest absolute Gasteiger partial charge is 0.412 e. The van der Waals surface area contributed by atoms with Gasteiger partial charge in [0.1, 0.15) is 46.6 Å². The number of ether oxygens (including phenoxy) is 2. The summed E-state index contributed by atoms with van der Waals surface area (Å²) in [4.78, 5) is 49.4. The lowest BCUT2D eigenvalue weighted by atomic mass is 9.95. The Kier molecular flexibility index (Phi) is 10.1. The van der Waals surface area contributed by atoms with Crippen molar-refractivity contribution in [2.24, 2.45) is 11.8 Å². The SMILES string of the molecule is CC(=O)N(C)C(=O)[C@@H]1C[C@H]1CNc1nc(OC[C@@]23CCCN2C[C@H](F)C3)nc2c(F)c(-c3ccc(F)c4sc(NC(=O)OC(C)(C)C)c(C#N)c34)c(Cl)cc12. The van der Waals surface area contributed by atoms with Crippen molar-refractivity contribution in [1.29, 1.82) is 5.26 Å². The van der Waals surface area contributed by atoms with Gasteiger partial charge >= 0.3 is 12.1 Å².